The van der Waals surface area contributed by atoms with Crippen molar-refractivity contribution < 1.29 is 9.13 Å². The second kappa shape index (κ2) is 9.55. The number of aliphatic imine (C=N–C) groups is 1. The monoisotopic (exact) mass is 426 g/mol. The highest BCUT2D eigenvalue weighted by atomic mass is 32.2. The molecule has 1 aliphatic heterocycles. The molecular formula is C23H23FN2OS2. The van der Waals surface area contributed by atoms with E-state index in [2.05, 4.69) is 47.4 Å². The van der Waals surface area contributed by atoms with Gasteiger partial charge in [-0.3, -0.25) is 0 Å². The standard InChI is InChI=1S/C23H23FN2OS2/c1-28-21-10-6-17(7-11-21)13-26-12-2-3-22(26)23-25-20(14-27-23)16-29-15-18-4-8-19(24)9-5-18/h2-12,20H,13-16H2,1H3/t20-/m1/s1. The summed E-state index contributed by atoms with van der Waals surface area (Å²) in [5.41, 5.74) is 3.40. The van der Waals surface area contributed by atoms with Gasteiger partial charge in [0.1, 0.15) is 18.1 Å². The topological polar surface area (TPSA) is 26.5 Å². The Morgan fingerprint density at radius 2 is 1.83 bits per heavy atom. The van der Waals surface area contributed by atoms with Crippen LogP contribution in [0.4, 0.5) is 4.39 Å². The molecule has 4 rings (SSSR count). The van der Waals surface area contributed by atoms with Crippen LogP contribution in [0.15, 0.2) is 76.7 Å². The largest absolute Gasteiger partial charge is 0.474 e. The highest BCUT2D eigenvalue weighted by Crippen LogP contribution is 2.21. The van der Waals surface area contributed by atoms with Crippen LogP contribution in [0.3, 0.4) is 0 Å². The Hall–Kier alpha value is -2.18. The van der Waals surface area contributed by atoms with Gasteiger partial charge in [0.2, 0.25) is 5.90 Å². The average molecular weight is 427 g/mol. The number of ether oxygens (including phenoxy) is 1. The number of aromatic nitrogens is 1. The van der Waals surface area contributed by atoms with Crippen molar-refractivity contribution in [3.8, 4) is 0 Å². The quantitative estimate of drug-likeness (QED) is 0.447. The van der Waals surface area contributed by atoms with Gasteiger partial charge in [-0.05, 0) is 53.8 Å². The Labute approximate surface area is 179 Å². The Morgan fingerprint density at radius 1 is 1.07 bits per heavy atom. The summed E-state index contributed by atoms with van der Waals surface area (Å²) in [6, 6.07) is 19.6. The lowest BCUT2D eigenvalue weighted by Crippen LogP contribution is -2.11. The predicted octanol–water partition coefficient (Wildman–Crippen LogP) is 5.48. The van der Waals surface area contributed by atoms with Crippen LogP contribution < -0.4 is 0 Å². The van der Waals surface area contributed by atoms with E-state index in [4.69, 9.17) is 9.73 Å². The van der Waals surface area contributed by atoms with Crippen LogP contribution >= 0.6 is 23.5 Å². The molecule has 3 nitrogen and oxygen atoms in total. The van der Waals surface area contributed by atoms with Gasteiger partial charge in [-0.15, -0.1) is 11.8 Å². The molecule has 0 N–H and O–H groups in total. The van der Waals surface area contributed by atoms with Crippen LogP contribution in [-0.4, -0.2) is 35.1 Å². The van der Waals surface area contributed by atoms with Gasteiger partial charge >= 0.3 is 0 Å². The minimum Gasteiger partial charge on any atom is -0.474 e. The molecule has 0 spiro atoms. The maximum Gasteiger partial charge on any atom is 0.233 e. The van der Waals surface area contributed by atoms with Crippen molar-refractivity contribution in [2.75, 3.05) is 18.6 Å². The van der Waals surface area contributed by atoms with E-state index in [1.807, 2.05) is 18.2 Å². The van der Waals surface area contributed by atoms with E-state index in [0.29, 0.717) is 6.61 Å². The number of benzene rings is 2. The Bertz CT molecular complexity index is 967. The highest BCUT2D eigenvalue weighted by molar-refractivity contribution is 7.98. The first-order chi connectivity index (χ1) is 14.2. The van der Waals surface area contributed by atoms with Gasteiger partial charge in [-0.1, -0.05) is 24.3 Å². The number of halogens is 1. The fourth-order valence-corrected chi connectivity index (χ4v) is 4.61. The van der Waals surface area contributed by atoms with Crippen LogP contribution in [0.2, 0.25) is 0 Å². The Kier molecular flexibility index (Phi) is 6.62. The van der Waals surface area contributed by atoms with E-state index < -0.39 is 0 Å². The zero-order valence-corrected chi connectivity index (χ0v) is 17.9. The molecule has 0 aliphatic carbocycles. The molecular weight excluding hydrogens is 403 g/mol. The van der Waals surface area contributed by atoms with E-state index in [0.717, 1.165) is 35.2 Å². The normalized spacial score (nSPS) is 15.9. The minimum atomic E-state index is -0.194. The van der Waals surface area contributed by atoms with Gasteiger partial charge in [0.15, 0.2) is 0 Å². The molecule has 1 aromatic heterocycles. The van der Waals surface area contributed by atoms with E-state index in [1.165, 1.54) is 22.6 Å². The molecule has 29 heavy (non-hydrogen) atoms. The van der Waals surface area contributed by atoms with Crippen LogP contribution in [0, 0.1) is 5.82 Å². The molecule has 0 saturated carbocycles. The van der Waals surface area contributed by atoms with Crippen molar-refractivity contribution in [2.24, 2.45) is 4.99 Å². The molecule has 3 aromatic rings. The molecule has 2 heterocycles. The van der Waals surface area contributed by atoms with E-state index in [1.54, 1.807) is 23.5 Å². The number of nitrogens with zero attached hydrogens (tertiary/aromatic N) is 2. The first-order valence-corrected chi connectivity index (χ1v) is 11.9. The molecule has 2 aromatic carbocycles. The maximum absolute atomic E-state index is 13.0. The van der Waals surface area contributed by atoms with Gasteiger partial charge < -0.3 is 9.30 Å². The molecule has 0 amide bonds. The lowest BCUT2D eigenvalue weighted by molar-refractivity contribution is 0.323. The van der Waals surface area contributed by atoms with E-state index in [-0.39, 0.29) is 11.9 Å². The van der Waals surface area contributed by atoms with Crippen molar-refractivity contribution in [2.45, 2.75) is 23.2 Å². The summed E-state index contributed by atoms with van der Waals surface area (Å²) >= 11 is 3.55. The van der Waals surface area contributed by atoms with Crippen LogP contribution in [0.25, 0.3) is 0 Å². The first kappa shape index (κ1) is 20.1. The fourth-order valence-electron chi connectivity index (χ4n) is 3.21. The maximum atomic E-state index is 13.0. The minimum absolute atomic E-state index is 0.152. The Balaban J connectivity index is 1.35. The fraction of sp³-hybridized carbons (Fsp3) is 0.261. The summed E-state index contributed by atoms with van der Waals surface area (Å²) < 4.78 is 21.1. The first-order valence-electron chi connectivity index (χ1n) is 9.52. The van der Waals surface area contributed by atoms with Crippen molar-refractivity contribution in [3.63, 3.8) is 0 Å². The van der Waals surface area contributed by atoms with Crippen LogP contribution in [0.5, 0.6) is 0 Å². The lowest BCUT2D eigenvalue weighted by Gasteiger charge is -2.09. The molecule has 0 fully saturated rings. The van der Waals surface area contributed by atoms with Crippen molar-refractivity contribution in [1.82, 2.24) is 4.57 Å². The third-order valence-electron chi connectivity index (χ3n) is 4.77. The molecule has 1 aliphatic rings. The van der Waals surface area contributed by atoms with E-state index >= 15 is 0 Å². The number of hydrogen-bond donors (Lipinski definition) is 0. The summed E-state index contributed by atoms with van der Waals surface area (Å²) in [7, 11) is 0. The zero-order valence-electron chi connectivity index (χ0n) is 16.3. The molecule has 0 saturated heterocycles. The predicted molar refractivity (Wildman–Crippen MR) is 121 cm³/mol. The molecule has 150 valence electrons. The highest BCUT2D eigenvalue weighted by Gasteiger charge is 2.22. The van der Waals surface area contributed by atoms with Gasteiger partial charge in [0, 0.05) is 29.1 Å². The SMILES string of the molecule is CSc1ccc(Cn2cccc2C2=N[C@@H](CSCc3ccc(F)cc3)CO2)cc1. The van der Waals surface area contributed by atoms with Crippen molar-refractivity contribution >= 4 is 29.4 Å². The number of thioether (sulfide) groups is 2. The summed E-state index contributed by atoms with van der Waals surface area (Å²) in [6.45, 7) is 1.41. The average Bonchev–Trinajstić information content (AvgIpc) is 3.39. The summed E-state index contributed by atoms with van der Waals surface area (Å²) in [6.07, 6.45) is 4.16. The summed E-state index contributed by atoms with van der Waals surface area (Å²) in [5, 5.41) is 0. The Morgan fingerprint density at radius 3 is 2.59 bits per heavy atom. The lowest BCUT2D eigenvalue weighted by atomic mass is 10.2. The second-order valence-electron chi connectivity index (χ2n) is 6.91. The van der Waals surface area contributed by atoms with Gasteiger partial charge in [0.25, 0.3) is 0 Å². The van der Waals surface area contributed by atoms with Crippen molar-refractivity contribution in [3.05, 3.63) is 89.5 Å². The number of hydrogen-bond acceptors (Lipinski definition) is 4. The molecule has 1 atom stereocenters. The van der Waals surface area contributed by atoms with Crippen molar-refractivity contribution in [1.29, 1.82) is 0 Å². The third-order valence-corrected chi connectivity index (χ3v) is 6.67. The summed E-state index contributed by atoms with van der Waals surface area (Å²) in [5.74, 6) is 2.27. The van der Waals surface area contributed by atoms with Gasteiger partial charge in [-0.25, -0.2) is 9.38 Å². The molecule has 0 bridgehead atoms. The molecule has 6 heteroatoms. The summed E-state index contributed by atoms with van der Waals surface area (Å²) in [4.78, 5) is 6.06. The zero-order chi connectivity index (χ0) is 20.1. The van der Waals surface area contributed by atoms with Gasteiger partial charge in [-0.2, -0.15) is 11.8 Å². The van der Waals surface area contributed by atoms with Crippen LogP contribution in [0.1, 0.15) is 16.8 Å². The third kappa shape index (κ3) is 5.25. The molecule has 0 unspecified atom stereocenters. The van der Waals surface area contributed by atoms with Crippen LogP contribution in [-0.2, 0) is 17.0 Å². The number of rotatable bonds is 8. The second-order valence-corrected chi connectivity index (χ2v) is 8.82. The van der Waals surface area contributed by atoms with E-state index in [9.17, 15) is 4.39 Å². The smallest absolute Gasteiger partial charge is 0.233 e. The van der Waals surface area contributed by atoms with Gasteiger partial charge in [0.05, 0.1) is 6.04 Å². The molecule has 0 radical (unpaired) electrons.